The smallest absolute Gasteiger partial charge is 0.354 e. The van der Waals surface area contributed by atoms with E-state index < -0.39 is 16.0 Å². The molecule has 0 aliphatic rings. The van der Waals surface area contributed by atoms with Gasteiger partial charge in [0.15, 0.2) is 0 Å². The fourth-order valence-corrected chi connectivity index (χ4v) is 4.78. The summed E-state index contributed by atoms with van der Waals surface area (Å²) in [6.45, 7) is 1.94. The number of pyridine rings is 1. The van der Waals surface area contributed by atoms with E-state index in [-0.39, 0.29) is 16.4 Å². The van der Waals surface area contributed by atoms with Crippen molar-refractivity contribution in [2.45, 2.75) is 17.7 Å². The predicted molar refractivity (Wildman–Crippen MR) is 91.8 cm³/mol. The van der Waals surface area contributed by atoms with Crippen molar-refractivity contribution in [1.82, 2.24) is 9.71 Å². The number of sulfonamides is 1. The van der Waals surface area contributed by atoms with Crippen molar-refractivity contribution >= 4 is 37.4 Å². The van der Waals surface area contributed by atoms with Gasteiger partial charge in [0.05, 0.1) is 0 Å². The number of rotatable bonds is 5. The number of aromatic nitrogens is 1. The Labute approximate surface area is 142 Å². The van der Waals surface area contributed by atoms with Gasteiger partial charge in [0.2, 0.25) is 10.0 Å². The average Bonchev–Trinajstić information content (AvgIpc) is 3.00. The number of fused-ring (bicyclic) bond motifs is 1. The molecule has 2 aromatic heterocycles. The maximum absolute atomic E-state index is 12.5. The zero-order valence-electron chi connectivity index (χ0n) is 12.7. The van der Waals surface area contributed by atoms with Gasteiger partial charge in [-0.3, -0.25) is 0 Å². The molecule has 0 spiro atoms. The zero-order valence-corrected chi connectivity index (χ0v) is 14.3. The summed E-state index contributed by atoms with van der Waals surface area (Å²) in [5.74, 6) is -1.15. The standard InChI is InChI=1S/C16H14N2O4S2/c1-10-3-2-4-12-8-14(23-15(10)12)24(21,22)18-9-11-5-6-17-13(7-11)16(19)20/h2-8,18H,9H2,1H3,(H,19,20). The van der Waals surface area contributed by atoms with E-state index >= 15 is 0 Å². The molecule has 2 N–H and O–H groups in total. The molecular formula is C16H14N2O4S2. The molecule has 0 saturated carbocycles. The van der Waals surface area contributed by atoms with Gasteiger partial charge < -0.3 is 5.11 Å². The highest BCUT2D eigenvalue weighted by molar-refractivity contribution is 7.91. The first kappa shape index (κ1) is 16.6. The van der Waals surface area contributed by atoms with Gasteiger partial charge in [0, 0.05) is 17.4 Å². The number of aryl methyl sites for hydroxylation is 1. The van der Waals surface area contributed by atoms with E-state index in [0.29, 0.717) is 5.56 Å². The lowest BCUT2D eigenvalue weighted by Gasteiger charge is -2.05. The molecule has 0 bridgehead atoms. The first-order valence-electron chi connectivity index (χ1n) is 7.04. The Morgan fingerprint density at radius 3 is 2.79 bits per heavy atom. The van der Waals surface area contributed by atoms with E-state index in [1.54, 1.807) is 12.1 Å². The maximum atomic E-state index is 12.5. The van der Waals surface area contributed by atoms with E-state index in [0.717, 1.165) is 15.6 Å². The van der Waals surface area contributed by atoms with Crippen LogP contribution >= 0.6 is 11.3 Å². The van der Waals surface area contributed by atoms with Crippen molar-refractivity contribution < 1.29 is 18.3 Å². The SMILES string of the molecule is Cc1cccc2cc(S(=O)(=O)NCc3ccnc(C(=O)O)c3)sc12. The van der Waals surface area contributed by atoms with E-state index in [9.17, 15) is 13.2 Å². The van der Waals surface area contributed by atoms with Crippen LogP contribution < -0.4 is 4.72 Å². The minimum absolute atomic E-state index is 0.00163. The monoisotopic (exact) mass is 362 g/mol. The molecule has 2 heterocycles. The van der Waals surface area contributed by atoms with Crippen LogP contribution in [-0.4, -0.2) is 24.5 Å². The lowest BCUT2D eigenvalue weighted by Crippen LogP contribution is -2.22. The fourth-order valence-electron chi connectivity index (χ4n) is 2.27. The van der Waals surface area contributed by atoms with Crippen LogP contribution in [-0.2, 0) is 16.6 Å². The number of carboxylic acid groups (broad SMARTS) is 1. The summed E-state index contributed by atoms with van der Waals surface area (Å²) < 4.78 is 28.6. The maximum Gasteiger partial charge on any atom is 0.354 e. The van der Waals surface area contributed by atoms with Crippen molar-refractivity contribution in [3.63, 3.8) is 0 Å². The number of nitrogens with one attached hydrogen (secondary N) is 1. The highest BCUT2D eigenvalue weighted by Gasteiger charge is 2.18. The summed E-state index contributed by atoms with van der Waals surface area (Å²) in [7, 11) is -3.67. The summed E-state index contributed by atoms with van der Waals surface area (Å²) in [4.78, 5) is 14.6. The van der Waals surface area contributed by atoms with Crippen LogP contribution in [0.5, 0.6) is 0 Å². The third-order valence-electron chi connectivity index (χ3n) is 3.49. The second-order valence-corrected chi connectivity index (χ2v) is 8.28. The van der Waals surface area contributed by atoms with Crippen molar-refractivity contribution in [2.24, 2.45) is 0 Å². The average molecular weight is 362 g/mol. The molecule has 24 heavy (non-hydrogen) atoms. The quantitative estimate of drug-likeness (QED) is 0.727. The summed E-state index contributed by atoms with van der Waals surface area (Å²) in [6, 6.07) is 10.3. The van der Waals surface area contributed by atoms with Crippen LogP contribution in [0.3, 0.4) is 0 Å². The molecule has 3 rings (SSSR count). The lowest BCUT2D eigenvalue weighted by molar-refractivity contribution is 0.0690. The molecule has 0 unspecified atom stereocenters. The predicted octanol–water partition coefficient (Wildman–Crippen LogP) is 2.78. The van der Waals surface area contributed by atoms with Crippen LogP contribution in [0.25, 0.3) is 10.1 Å². The van der Waals surface area contributed by atoms with Gasteiger partial charge in [-0.15, -0.1) is 11.3 Å². The van der Waals surface area contributed by atoms with E-state index in [4.69, 9.17) is 5.11 Å². The molecule has 0 radical (unpaired) electrons. The van der Waals surface area contributed by atoms with Crippen LogP contribution in [0.15, 0.2) is 46.8 Å². The summed E-state index contributed by atoms with van der Waals surface area (Å²) in [6.07, 6.45) is 1.34. The highest BCUT2D eigenvalue weighted by atomic mass is 32.2. The lowest BCUT2D eigenvalue weighted by atomic mass is 10.2. The van der Waals surface area contributed by atoms with Crippen LogP contribution in [0, 0.1) is 6.92 Å². The molecule has 0 aliphatic heterocycles. The van der Waals surface area contributed by atoms with Gasteiger partial charge in [-0.25, -0.2) is 22.9 Å². The molecule has 0 fully saturated rings. The van der Waals surface area contributed by atoms with Gasteiger partial charge in [0.25, 0.3) is 0 Å². The van der Waals surface area contributed by atoms with Gasteiger partial charge in [-0.05, 0) is 41.6 Å². The van der Waals surface area contributed by atoms with Gasteiger partial charge >= 0.3 is 5.97 Å². The summed E-state index contributed by atoms with van der Waals surface area (Å²) in [5, 5.41) is 9.81. The second-order valence-electron chi connectivity index (χ2n) is 5.24. The van der Waals surface area contributed by atoms with Gasteiger partial charge in [-0.2, -0.15) is 0 Å². The second kappa shape index (κ2) is 6.31. The number of carboxylic acids is 1. The Balaban J connectivity index is 1.84. The van der Waals surface area contributed by atoms with E-state index in [1.807, 2.05) is 25.1 Å². The van der Waals surface area contributed by atoms with Crippen LogP contribution in [0.2, 0.25) is 0 Å². The van der Waals surface area contributed by atoms with Crippen molar-refractivity contribution in [3.8, 4) is 0 Å². The van der Waals surface area contributed by atoms with E-state index in [2.05, 4.69) is 9.71 Å². The molecule has 6 nitrogen and oxygen atoms in total. The molecular weight excluding hydrogens is 348 g/mol. The Morgan fingerprint density at radius 2 is 2.08 bits per heavy atom. The Kier molecular flexibility index (Phi) is 4.35. The molecule has 8 heteroatoms. The summed E-state index contributed by atoms with van der Waals surface area (Å²) >= 11 is 1.22. The van der Waals surface area contributed by atoms with Crippen molar-refractivity contribution in [2.75, 3.05) is 0 Å². The number of hydrogen-bond acceptors (Lipinski definition) is 5. The van der Waals surface area contributed by atoms with Crippen LogP contribution in [0.1, 0.15) is 21.6 Å². The summed E-state index contributed by atoms with van der Waals surface area (Å²) in [5.41, 5.74) is 1.44. The Hall–Kier alpha value is -2.29. The van der Waals surface area contributed by atoms with E-state index in [1.165, 1.54) is 23.6 Å². The molecule has 124 valence electrons. The van der Waals surface area contributed by atoms with Crippen molar-refractivity contribution in [3.05, 3.63) is 59.4 Å². The van der Waals surface area contributed by atoms with Gasteiger partial charge in [-0.1, -0.05) is 18.2 Å². The molecule has 3 aromatic rings. The van der Waals surface area contributed by atoms with Crippen LogP contribution in [0.4, 0.5) is 0 Å². The highest BCUT2D eigenvalue weighted by Crippen LogP contribution is 2.31. The molecule has 1 aromatic carbocycles. The molecule has 0 saturated heterocycles. The number of nitrogens with zero attached hydrogens (tertiary/aromatic N) is 1. The number of aromatic carboxylic acids is 1. The normalized spacial score (nSPS) is 11.7. The largest absolute Gasteiger partial charge is 0.477 e. The van der Waals surface area contributed by atoms with Gasteiger partial charge in [0.1, 0.15) is 9.90 Å². The third-order valence-corrected chi connectivity index (χ3v) is 6.65. The molecule has 0 amide bonds. The number of thiophene rings is 1. The zero-order chi connectivity index (χ0) is 17.3. The molecule has 0 aliphatic carbocycles. The first-order valence-corrected chi connectivity index (χ1v) is 9.34. The Morgan fingerprint density at radius 1 is 1.29 bits per heavy atom. The first-order chi connectivity index (χ1) is 11.4. The fraction of sp³-hybridized carbons (Fsp3) is 0.125. The number of carbonyl (C=O) groups is 1. The third kappa shape index (κ3) is 3.30. The Bertz CT molecular complexity index is 1030. The number of hydrogen-bond donors (Lipinski definition) is 2. The molecule has 0 atom stereocenters. The number of benzene rings is 1. The van der Waals surface area contributed by atoms with Crippen molar-refractivity contribution in [1.29, 1.82) is 0 Å². The topological polar surface area (TPSA) is 96.4 Å². The minimum atomic E-state index is -3.67. The minimum Gasteiger partial charge on any atom is -0.477 e.